The first-order valence-corrected chi connectivity index (χ1v) is 4.75. The zero-order valence-electron chi connectivity index (χ0n) is 8.34. The van der Waals surface area contributed by atoms with Crippen LogP contribution in [-0.2, 0) is 0 Å². The Labute approximate surface area is 87.4 Å². The third-order valence-electron chi connectivity index (χ3n) is 2.27. The van der Waals surface area contributed by atoms with Crippen LogP contribution in [0.1, 0.15) is 17.3 Å². The Morgan fingerprint density at radius 1 is 1.40 bits per heavy atom. The highest BCUT2D eigenvalue weighted by Crippen LogP contribution is 2.14. The molecular weight excluding hydrogens is 190 g/mol. The SMILES string of the molecule is CC(O)C(=O)c1ccc2cccnc2c1. The third-order valence-corrected chi connectivity index (χ3v) is 2.27. The molecule has 0 saturated heterocycles. The number of ketones is 1. The first-order chi connectivity index (χ1) is 7.18. The molecule has 1 aromatic carbocycles. The highest BCUT2D eigenvalue weighted by Gasteiger charge is 2.12. The Hall–Kier alpha value is -1.74. The molecule has 1 aromatic heterocycles. The third kappa shape index (κ3) is 1.87. The van der Waals surface area contributed by atoms with Crippen LogP contribution in [0.15, 0.2) is 36.5 Å². The van der Waals surface area contributed by atoms with Gasteiger partial charge in [-0.05, 0) is 19.1 Å². The fourth-order valence-corrected chi connectivity index (χ4v) is 1.46. The van der Waals surface area contributed by atoms with E-state index in [0.29, 0.717) is 5.56 Å². The van der Waals surface area contributed by atoms with E-state index in [1.54, 1.807) is 18.3 Å². The topological polar surface area (TPSA) is 50.2 Å². The lowest BCUT2D eigenvalue weighted by Gasteiger charge is -2.04. The first-order valence-electron chi connectivity index (χ1n) is 4.75. The lowest BCUT2D eigenvalue weighted by atomic mass is 10.1. The summed E-state index contributed by atoms with van der Waals surface area (Å²) in [6.45, 7) is 1.46. The van der Waals surface area contributed by atoms with E-state index in [9.17, 15) is 9.90 Å². The van der Waals surface area contributed by atoms with Crippen LogP contribution in [-0.4, -0.2) is 22.0 Å². The lowest BCUT2D eigenvalue weighted by Crippen LogP contribution is -2.15. The highest BCUT2D eigenvalue weighted by atomic mass is 16.3. The zero-order chi connectivity index (χ0) is 10.8. The largest absolute Gasteiger partial charge is 0.385 e. The van der Waals surface area contributed by atoms with Gasteiger partial charge >= 0.3 is 0 Å². The number of hydrogen-bond acceptors (Lipinski definition) is 3. The van der Waals surface area contributed by atoms with Crippen LogP contribution in [0.25, 0.3) is 10.9 Å². The predicted molar refractivity (Wildman–Crippen MR) is 57.8 cm³/mol. The second-order valence-electron chi connectivity index (χ2n) is 3.45. The van der Waals surface area contributed by atoms with E-state index >= 15 is 0 Å². The fourth-order valence-electron chi connectivity index (χ4n) is 1.46. The van der Waals surface area contributed by atoms with Gasteiger partial charge in [0.05, 0.1) is 5.52 Å². The van der Waals surface area contributed by atoms with Crippen LogP contribution in [0.5, 0.6) is 0 Å². The number of pyridine rings is 1. The molecule has 0 fully saturated rings. The molecule has 0 saturated carbocycles. The van der Waals surface area contributed by atoms with Crippen LogP contribution in [0.3, 0.4) is 0 Å². The molecule has 0 bridgehead atoms. The quantitative estimate of drug-likeness (QED) is 0.754. The summed E-state index contributed by atoms with van der Waals surface area (Å²) in [5.41, 5.74) is 1.26. The Morgan fingerprint density at radius 3 is 2.93 bits per heavy atom. The molecule has 0 spiro atoms. The monoisotopic (exact) mass is 201 g/mol. The van der Waals surface area contributed by atoms with Crippen molar-refractivity contribution in [3.05, 3.63) is 42.1 Å². The first kappa shape index (κ1) is 9.80. The summed E-state index contributed by atoms with van der Waals surface area (Å²) in [6.07, 6.45) is 0.713. The van der Waals surface area contributed by atoms with Crippen molar-refractivity contribution in [2.45, 2.75) is 13.0 Å². The molecule has 1 unspecified atom stereocenters. The van der Waals surface area contributed by atoms with Gasteiger partial charge in [0.1, 0.15) is 6.10 Å². The summed E-state index contributed by atoms with van der Waals surface area (Å²) in [6, 6.07) is 9.01. The van der Waals surface area contributed by atoms with Crippen molar-refractivity contribution in [3.63, 3.8) is 0 Å². The maximum absolute atomic E-state index is 11.5. The van der Waals surface area contributed by atoms with Gasteiger partial charge in [-0.15, -0.1) is 0 Å². The van der Waals surface area contributed by atoms with E-state index in [4.69, 9.17) is 0 Å². The smallest absolute Gasteiger partial charge is 0.191 e. The zero-order valence-corrected chi connectivity index (χ0v) is 8.34. The number of aliphatic hydroxyl groups excluding tert-OH is 1. The summed E-state index contributed by atoms with van der Waals surface area (Å²) in [4.78, 5) is 15.7. The van der Waals surface area contributed by atoms with E-state index < -0.39 is 6.10 Å². The number of Topliss-reactive ketones (excluding diaryl/α,β-unsaturated/α-hetero) is 1. The van der Waals surface area contributed by atoms with Crippen molar-refractivity contribution in [3.8, 4) is 0 Å². The van der Waals surface area contributed by atoms with E-state index in [0.717, 1.165) is 10.9 Å². The molecule has 1 N–H and O–H groups in total. The summed E-state index contributed by atoms with van der Waals surface area (Å²) in [5, 5.41) is 10.2. The molecule has 2 rings (SSSR count). The maximum Gasteiger partial charge on any atom is 0.191 e. The number of carbonyl (C=O) groups excluding carboxylic acids is 1. The van der Waals surface area contributed by atoms with Crippen LogP contribution >= 0.6 is 0 Å². The number of nitrogens with zero attached hydrogens (tertiary/aromatic N) is 1. The van der Waals surface area contributed by atoms with Crippen LogP contribution in [0.4, 0.5) is 0 Å². The molecule has 15 heavy (non-hydrogen) atoms. The van der Waals surface area contributed by atoms with Crippen molar-refractivity contribution < 1.29 is 9.90 Å². The molecule has 0 aliphatic heterocycles. The average molecular weight is 201 g/mol. The van der Waals surface area contributed by atoms with Crippen molar-refractivity contribution >= 4 is 16.7 Å². The minimum Gasteiger partial charge on any atom is -0.385 e. The maximum atomic E-state index is 11.5. The molecule has 3 nitrogen and oxygen atoms in total. The number of rotatable bonds is 2. The molecular formula is C12H11NO2. The number of carbonyl (C=O) groups is 1. The van der Waals surface area contributed by atoms with Gasteiger partial charge in [-0.1, -0.05) is 18.2 Å². The van der Waals surface area contributed by atoms with Gasteiger partial charge in [0.25, 0.3) is 0 Å². The van der Waals surface area contributed by atoms with E-state index in [1.165, 1.54) is 6.92 Å². The minimum atomic E-state index is -0.967. The highest BCUT2D eigenvalue weighted by molar-refractivity contribution is 6.01. The Kier molecular flexibility index (Phi) is 2.47. The van der Waals surface area contributed by atoms with Gasteiger partial charge in [0.15, 0.2) is 5.78 Å². The molecule has 0 radical (unpaired) electrons. The lowest BCUT2D eigenvalue weighted by molar-refractivity contribution is 0.0779. The molecule has 2 aromatic rings. The minimum absolute atomic E-state index is 0.275. The fraction of sp³-hybridized carbons (Fsp3) is 0.167. The number of aromatic nitrogens is 1. The van der Waals surface area contributed by atoms with E-state index in [-0.39, 0.29) is 5.78 Å². The Bertz CT molecular complexity index is 506. The summed E-state index contributed by atoms with van der Waals surface area (Å²) >= 11 is 0. The Morgan fingerprint density at radius 2 is 2.20 bits per heavy atom. The van der Waals surface area contributed by atoms with Crippen molar-refractivity contribution in [2.75, 3.05) is 0 Å². The van der Waals surface area contributed by atoms with Gasteiger partial charge < -0.3 is 5.11 Å². The number of hydrogen-bond donors (Lipinski definition) is 1. The second-order valence-corrected chi connectivity index (χ2v) is 3.45. The van der Waals surface area contributed by atoms with Gasteiger partial charge in [-0.3, -0.25) is 9.78 Å². The van der Waals surface area contributed by atoms with Gasteiger partial charge in [0, 0.05) is 17.1 Å². The van der Waals surface area contributed by atoms with Gasteiger partial charge in [0.2, 0.25) is 0 Å². The molecule has 3 heteroatoms. The summed E-state index contributed by atoms with van der Waals surface area (Å²) in [7, 11) is 0. The molecule has 76 valence electrons. The van der Waals surface area contributed by atoms with Crippen LogP contribution in [0, 0.1) is 0 Å². The van der Waals surface area contributed by atoms with E-state index in [1.807, 2.05) is 18.2 Å². The average Bonchev–Trinajstić information content (AvgIpc) is 2.27. The number of benzene rings is 1. The normalized spacial score (nSPS) is 12.7. The molecule has 0 aliphatic rings. The van der Waals surface area contributed by atoms with Crippen molar-refractivity contribution in [2.24, 2.45) is 0 Å². The number of aliphatic hydroxyl groups is 1. The van der Waals surface area contributed by atoms with Crippen molar-refractivity contribution in [1.82, 2.24) is 4.98 Å². The number of fused-ring (bicyclic) bond motifs is 1. The standard InChI is InChI=1S/C12H11NO2/c1-8(14)12(15)10-5-4-9-3-2-6-13-11(9)7-10/h2-8,14H,1H3. The molecule has 0 aliphatic carbocycles. The summed E-state index contributed by atoms with van der Waals surface area (Å²) in [5.74, 6) is -0.275. The van der Waals surface area contributed by atoms with Gasteiger partial charge in [-0.2, -0.15) is 0 Å². The summed E-state index contributed by atoms with van der Waals surface area (Å²) < 4.78 is 0. The van der Waals surface area contributed by atoms with Crippen LogP contribution < -0.4 is 0 Å². The molecule has 0 amide bonds. The van der Waals surface area contributed by atoms with Crippen molar-refractivity contribution in [1.29, 1.82) is 0 Å². The predicted octanol–water partition coefficient (Wildman–Crippen LogP) is 1.80. The molecule has 1 heterocycles. The van der Waals surface area contributed by atoms with Gasteiger partial charge in [-0.25, -0.2) is 0 Å². The molecule has 1 atom stereocenters. The Balaban J connectivity index is 2.52. The second kappa shape index (κ2) is 3.79. The van der Waals surface area contributed by atoms with E-state index in [2.05, 4.69) is 4.98 Å². The van der Waals surface area contributed by atoms with Crippen LogP contribution in [0.2, 0.25) is 0 Å².